The lowest BCUT2D eigenvalue weighted by Crippen LogP contribution is -2.05. The zero-order valence-corrected chi connectivity index (χ0v) is 9.90. The molecule has 1 unspecified atom stereocenters. The van der Waals surface area contributed by atoms with Gasteiger partial charge in [-0.2, -0.15) is 0 Å². The molecule has 2 N–H and O–H groups in total. The molecular weight excluding hydrogens is 202 g/mol. The van der Waals surface area contributed by atoms with E-state index < -0.39 is 0 Å². The van der Waals surface area contributed by atoms with E-state index in [9.17, 15) is 4.79 Å². The van der Waals surface area contributed by atoms with Gasteiger partial charge < -0.3 is 10.5 Å². The van der Waals surface area contributed by atoms with E-state index in [4.69, 9.17) is 10.5 Å². The largest absolute Gasteiger partial charge is 0.466 e. The van der Waals surface area contributed by atoms with Gasteiger partial charge in [-0.3, -0.25) is 4.79 Å². The van der Waals surface area contributed by atoms with E-state index in [-0.39, 0.29) is 5.97 Å². The summed E-state index contributed by atoms with van der Waals surface area (Å²) >= 11 is 0. The van der Waals surface area contributed by atoms with E-state index >= 15 is 0 Å². The second-order valence-corrected chi connectivity index (χ2v) is 3.91. The molecule has 0 radical (unpaired) electrons. The second-order valence-electron chi connectivity index (χ2n) is 3.91. The maximum Gasteiger partial charge on any atom is 0.305 e. The predicted molar refractivity (Wildman–Crippen MR) is 65.1 cm³/mol. The third-order valence-electron chi connectivity index (χ3n) is 2.59. The molecule has 0 aliphatic carbocycles. The summed E-state index contributed by atoms with van der Waals surface area (Å²) in [6.45, 7) is 4.38. The molecule has 0 aliphatic heterocycles. The van der Waals surface area contributed by atoms with Gasteiger partial charge in [0.15, 0.2) is 0 Å². The van der Waals surface area contributed by atoms with Crippen molar-refractivity contribution in [1.82, 2.24) is 0 Å². The van der Waals surface area contributed by atoms with Crippen LogP contribution in [0.1, 0.15) is 38.2 Å². The summed E-state index contributed by atoms with van der Waals surface area (Å²) in [4.78, 5) is 11.2. The van der Waals surface area contributed by atoms with Crippen LogP contribution in [-0.4, -0.2) is 12.6 Å². The third kappa shape index (κ3) is 3.93. The number of carbonyl (C=O) groups excluding carboxylic acids is 1. The van der Waals surface area contributed by atoms with Crippen molar-refractivity contribution in [2.75, 3.05) is 12.3 Å². The van der Waals surface area contributed by atoms with Crippen LogP contribution >= 0.6 is 0 Å². The van der Waals surface area contributed by atoms with Gasteiger partial charge in [0.05, 0.1) is 6.61 Å². The number of anilines is 1. The average Bonchev–Trinajstić information content (AvgIpc) is 2.27. The van der Waals surface area contributed by atoms with Crippen LogP contribution in [0.5, 0.6) is 0 Å². The van der Waals surface area contributed by atoms with Crippen LogP contribution in [0.3, 0.4) is 0 Å². The van der Waals surface area contributed by atoms with Gasteiger partial charge >= 0.3 is 5.97 Å². The number of hydrogen-bond donors (Lipinski definition) is 1. The number of rotatable bonds is 5. The van der Waals surface area contributed by atoms with E-state index in [0.29, 0.717) is 18.9 Å². The number of carbonyl (C=O) groups is 1. The highest BCUT2D eigenvalue weighted by Crippen LogP contribution is 2.21. The number of hydrogen-bond acceptors (Lipinski definition) is 3. The van der Waals surface area contributed by atoms with Gasteiger partial charge in [0, 0.05) is 12.1 Å². The number of benzene rings is 1. The zero-order chi connectivity index (χ0) is 12.0. The van der Waals surface area contributed by atoms with Crippen molar-refractivity contribution in [3.8, 4) is 0 Å². The molecule has 0 aliphatic rings. The Hall–Kier alpha value is -1.51. The summed E-state index contributed by atoms with van der Waals surface area (Å²) in [5, 5.41) is 0. The van der Waals surface area contributed by atoms with Gasteiger partial charge in [0.1, 0.15) is 0 Å². The molecule has 88 valence electrons. The first-order chi connectivity index (χ1) is 7.63. The Bertz CT molecular complexity index is 332. The molecule has 0 spiro atoms. The summed E-state index contributed by atoms with van der Waals surface area (Å²) < 4.78 is 4.89. The summed E-state index contributed by atoms with van der Waals surface area (Å²) in [5.41, 5.74) is 7.59. The maximum atomic E-state index is 11.2. The fourth-order valence-electron chi connectivity index (χ4n) is 1.56. The average molecular weight is 221 g/mol. The molecule has 3 nitrogen and oxygen atoms in total. The van der Waals surface area contributed by atoms with E-state index in [0.717, 1.165) is 12.1 Å². The molecule has 16 heavy (non-hydrogen) atoms. The first-order valence-corrected chi connectivity index (χ1v) is 5.64. The van der Waals surface area contributed by atoms with Crippen molar-refractivity contribution >= 4 is 11.7 Å². The molecule has 1 aromatic rings. The highest BCUT2D eigenvalue weighted by molar-refractivity contribution is 5.69. The molecule has 1 rings (SSSR count). The Morgan fingerprint density at radius 1 is 1.38 bits per heavy atom. The highest BCUT2D eigenvalue weighted by Gasteiger charge is 2.09. The number of esters is 1. The van der Waals surface area contributed by atoms with Gasteiger partial charge in [0.2, 0.25) is 0 Å². The molecule has 1 aromatic carbocycles. The third-order valence-corrected chi connectivity index (χ3v) is 2.59. The standard InChI is InChI=1S/C13H19NO2/c1-3-16-13(15)9-4-10(2)11-5-7-12(14)8-6-11/h5-8,10H,3-4,9,14H2,1-2H3. The monoisotopic (exact) mass is 221 g/mol. The molecule has 0 saturated heterocycles. The Balaban J connectivity index is 2.43. The first kappa shape index (κ1) is 12.6. The Morgan fingerprint density at radius 2 is 2.00 bits per heavy atom. The lowest BCUT2D eigenvalue weighted by atomic mass is 9.96. The van der Waals surface area contributed by atoms with Crippen LogP contribution in [0.4, 0.5) is 5.69 Å². The Kier molecular flexibility index (Phi) is 4.83. The SMILES string of the molecule is CCOC(=O)CCC(C)c1ccc(N)cc1. The lowest BCUT2D eigenvalue weighted by molar-refractivity contribution is -0.143. The highest BCUT2D eigenvalue weighted by atomic mass is 16.5. The molecular formula is C13H19NO2. The molecule has 0 fully saturated rings. The molecule has 0 bridgehead atoms. The fraction of sp³-hybridized carbons (Fsp3) is 0.462. The number of nitrogens with two attached hydrogens (primary N) is 1. The molecule has 0 heterocycles. The van der Waals surface area contributed by atoms with Gasteiger partial charge in [-0.1, -0.05) is 19.1 Å². The number of ether oxygens (including phenoxy) is 1. The van der Waals surface area contributed by atoms with Crippen molar-refractivity contribution in [3.63, 3.8) is 0 Å². The minimum atomic E-state index is -0.121. The van der Waals surface area contributed by atoms with Crippen LogP contribution in [0, 0.1) is 0 Å². The van der Waals surface area contributed by atoms with Gasteiger partial charge in [0.25, 0.3) is 0 Å². The van der Waals surface area contributed by atoms with E-state index in [2.05, 4.69) is 6.92 Å². The fourth-order valence-corrected chi connectivity index (χ4v) is 1.56. The van der Waals surface area contributed by atoms with Crippen molar-refractivity contribution in [1.29, 1.82) is 0 Å². The zero-order valence-electron chi connectivity index (χ0n) is 9.90. The molecule has 3 heteroatoms. The maximum absolute atomic E-state index is 11.2. The Morgan fingerprint density at radius 3 is 2.56 bits per heavy atom. The van der Waals surface area contributed by atoms with Crippen LogP contribution in [0.2, 0.25) is 0 Å². The van der Waals surface area contributed by atoms with Crippen LogP contribution in [0.25, 0.3) is 0 Å². The van der Waals surface area contributed by atoms with Crippen LogP contribution in [-0.2, 0) is 9.53 Å². The van der Waals surface area contributed by atoms with Gasteiger partial charge in [-0.05, 0) is 37.0 Å². The predicted octanol–water partition coefficient (Wildman–Crippen LogP) is 2.72. The summed E-state index contributed by atoms with van der Waals surface area (Å²) in [7, 11) is 0. The minimum absolute atomic E-state index is 0.121. The summed E-state index contributed by atoms with van der Waals surface area (Å²) in [6, 6.07) is 7.78. The quantitative estimate of drug-likeness (QED) is 0.614. The van der Waals surface area contributed by atoms with Gasteiger partial charge in [-0.25, -0.2) is 0 Å². The molecule has 0 aromatic heterocycles. The van der Waals surface area contributed by atoms with Crippen molar-refractivity contribution < 1.29 is 9.53 Å². The van der Waals surface area contributed by atoms with Crippen LogP contribution in [0.15, 0.2) is 24.3 Å². The van der Waals surface area contributed by atoms with Crippen molar-refractivity contribution in [2.24, 2.45) is 0 Å². The Labute approximate surface area is 96.6 Å². The van der Waals surface area contributed by atoms with Crippen molar-refractivity contribution in [2.45, 2.75) is 32.6 Å². The van der Waals surface area contributed by atoms with Gasteiger partial charge in [-0.15, -0.1) is 0 Å². The summed E-state index contributed by atoms with van der Waals surface area (Å²) in [6.07, 6.45) is 1.28. The second kappa shape index (κ2) is 6.16. The van der Waals surface area contributed by atoms with E-state index in [1.807, 2.05) is 31.2 Å². The summed E-state index contributed by atoms with van der Waals surface area (Å²) in [5.74, 6) is 0.231. The molecule has 1 atom stereocenters. The van der Waals surface area contributed by atoms with E-state index in [1.165, 1.54) is 5.56 Å². The van der Waals surface area contributed by atoms with Crippen LogP contribution < -0.4 is 5.73 Å². The van der Waals surface area contributed by atoms with Crippen molar-refractivity contribution in [3.05, 3.63) is 29.8 Å². The smallest absolute Gasteiger partial charge is 0.305 e. The number of nitrogen functional groups attached to an aromatic ring is 1. The van der Waals surface area contributed by atoms with E-state index in [1.54, 1.807) is 0 Å². The first-order valence-electron chi connectivity index (χ1n) is 5.64. The molecule has 0 amide bonds. The molecule has 0 saturated carbocycles. The normalized spacial score (nSPS) is 12.1. The lowest BCUT2D eigenvalue weighted by Gasteiger charge is -2.11. The minimum Gasteiger partial charge on any atom is -0.466 e. The topological polar surface area (TPSA) is 52.3 Å².